The number of rotatable bonds is 20. The SMILES string of the molecule is NC(=O)CC(N)C(=O)NC(CO)C(=O)NC(Cc1ccccc1)C(=O)NC(CCCN=C(N)N)C(=O)NC(Cc1ccc(O)cc1)C(=O)O. The first-order valence-electron chi connectivity index (χ1n) is 15.2. The molecule has 0 aliphatic rings. The van der Waals surface area contributed by atoms with E-state index in [9.17, 15) is 44.1 Å². The van der Waals surface area contributed by atoms with Gasteiger partial charge in [0.05, 0.1) is 19.1 Å². The van der Waals surface area contributed by atoms with E-state index in [0.29, 0.717) is 11.1 Å². The number of nitrogens with one attached hydrogen (secondary N) is 4. The fourth-order valence-electron chi connectivity index (χ4n) is 4.50. The van der Waals surface area contributed by atoms with Gasteiger partial charge in [-0.25, -0.2) is 4.79 Å². The summed E-state index contributed by atoms with van der Waals surface area (Å²) in [6.07, 6.45) is -0.605. The van der Waals surface area contributed by atoms with Crippen LogP contribution in [-0.2, 0) is 41.6 Å². The molecule has 0 heterocycles. The van der Waals surface area contributed by atoms with Crippen molar-refractivity contribution >= 4 is 41.5 Å². The molecule has 18 nitrogen and oxygen atoms in total. The number of hydrogen-bond donors (Lipinski definition) is 11. The number of phenols is 1. The van der Waals surface area contributed by atoms with E-state index in [1.807, 2.05) is 0 Å². The van der Waals surface area contributed by atoms with Crippen molar-refractivity contribution in [1.82, 2.24) is 21.3 Å². The van der Waals surface area contributed by atoms with Crippen molar-refractivity contribution < 1.29 is 44.1 Å². The highest BCUT2D eigenvalue weighted by atomic mass is 16.4. The number of aliphatic imine (C=N–C) groups is 1. The van der Waals surface area contributed by atoms with Crippen molar-refractivity contribution in [3.63, 3.8) is 0 Å². The van der Waals surface area contributed by atoms with E-state index >= 15 is 0 Å². The Labute approximate surface area is 281 Å². The number of phenolic OH excluding ortho intramolecular Hbond substituents is 1. The van der Waals surface area contributed by atoms with Gasteiger partial charge in [-0.2, -0.15) is 0 Å². The molecule has 49 heavy (non-hydrogen) atoms. The first-order chi connectivity index (χ1) is 23.2. The van der Waals surface area contributed by atoms with Crippen molar-refractivity contribution in [3.05, 3.63) is 65.7 Å². The lowest BCUT2D eigenvalue weighted by Crippen LogP contribution is -2.59. The summed E-state index contributed by atoms with van der Waals surface area (Å²) in [7, 11) is 0. The second-order valence-electron chi connectivity index (χ2n) is 11.1. The van der Waals surface area contributed by atoms with Crippen molar-refractivity contribution in [2.24, 2.45) is 27.9 Å². The maximum absolute atomic E-state index is 13.7. The van der Waals surface area contributed by atoms with E-state index < -0.39 is 78.7 Å². The van der Waals surface area contributed by atoms with Gasteiger partial charge in [0.1, 0.15) is 29.9 Å². The standard InChI is InChI=1S/C31H43N9O9/c32-20(15-25(33)43)26(44)40-24(16-41)29(47)38-22(13-17-5-2-1-3-6-17)28(46)37-21(7-4-12-36-31(34)35)27(45)39-23(30(48)49)14-18-8-10-19(42)11-9-18/h1-3,5-6,8-11,20-24,41-42H,4,7,12-16,32H2,(H2,33,43)(H,37,46)(H,38,47)(H,39,45)(H,40,44)(H,48,49)(H4,34,35,36). The molecule has 0 bridgehead atoms. The number of nitrogens with two attached hydrogens (primary N) is 4. The Morgan fingerprint density at radius 2 is 1.20 bits per heavy atom. The van der Waals surface area contributed by atoms with Crippen LogP contribution in [0.1, 0.15) is 30.4 Å². The molecule has 266 valence electrons. The Morgan fingerprint density at radius 1 is 0.694 bits per heavy atom. The summed E-state index contributed by atoms with van der Waals surface area (Å²) in [5.41, 5.74) is 22.6. The normalized spacial score (nSPS) is 13.8. The molecule has 0 aliphatic carbocycles. The number of guanidine groups is 1. The zero-order valence-electron chi connectivity index (χ0n) is 26.6. The number of nitrogens with zero attached hydrogens (tertiary/aromatic N) is 1. The molecule has 0 spiro atoms. The average Bonchev–Trinajstić information content (AvgIpc) is 3.04. The summed E-state index contributed by atoms with van der Waals surface area (Å²) in [4.78, 5) is 79.8. The Hall–Kier alpha value is -5.75. The molecular formula is C31H43N9O9. The third-order valence-corrected chi connectivity index (χ3v) is 7.06. The summed E-state index contributed by atoms with van der Waals surface area (Å²) in [6, 6.07) is 7.15. The third kappa shape index (κ3) is 14.3. The van der Waals surface area contributed by atoms with Crippen molar-refractivity contribution in [1.29, 1.82) is 0 Å². The molecule has 15 N–H and O–H groups in total. The van der Waals surface area contributed by atoms with Crippen LogP contribution >= 0.6 is 0 Å². The van der Waals surface area contributed by atoms with Gasteiger partial charge in [-0.3, -0.25) is 29.0 Å². The first-order valence-corrected chi connectivity index (χ1v) is 15.2. The van der Waals surface area contributed by atoms with E-state index in [1.165, 1.54) is 24.3 Å². The number of carbonyl (C=O) groups excluding carboxylic acids is 5. The fourth-order valence-corrected chi connectivity index (χ4v) is 4.50. The van der Waals surface area contributed by atoms with Crippen LogP contribution in [0.4, 0.5) is 0 Å². The van der Waals surface area contributed by atoms with Gasteiger partial charge in [-0.05, 0) is 36.1 Å². The van der Waals surface area contributed by atoms with Crippen LogP contribution in [0.3, 0.4) is 0 Å². The molecule has 0 radical (unpaired) electrons. The van der Waals surface area contributed by atoms with E-state index in [1.54, 1.807) is 30.3 Å². The number of aliphatic carboxylic acids is 1. The summed E-state index contributed by atoms with van der Waals surface area (Å²) >= 11 is 0. The maximum Gasteiger partial charge on any atom is 0.326 e. The highest BCUT2D eigenvalue weighted by molar-refractivity contribution is 5.96. The average molecular weight is 686 g/mol. The molecule has 5 amide bonds. The van der Waals surface area contributed by atoms with Gasteiger partial charge in [-0.1, -0.05) is 42.5 Å². The predicted molar refractivity (Wildman–Crippen MR) is 176 cm³/mol. The number of carbonyl (C=O) groups is 6. The van der Waals surface area contributed by atoms with Gasteiger partial charge in [0.25, 0.3) is 0 Å². The quantitative estimate of drug-likeness (QED) is 0.0367. The topological polar surface area (TPSA) is 328 Å². The van der Waals surface area contributed by atoms with Crippen molar-refractivity contribution in [2.45, 2.75) is 62.3 Å². The van der Waals surface area contributed by atoms with Gasteiger partial charge < -0.3 is 59.5 Å². The minimum atomic E-state index is -1.58. The van der Waals surface area contributed by atoms with Crippen molar-refractivity contribution in [2.75, 3.05) is 13.2 Å². The summed E-state index contributed by atoms with van der Waals surface area (Å²) in [5.74, 6) is -6.07. The molecule has 2 rings (SSSR count). The molecule has 0 fully saturated rings. The highest BCUT2D eigenvalue weighted by Gasteiger charge is 2.32. The summed E-state index contributed by atoms with van der Waals surface area (Å²) in [6.45, 7) is -0.814. The molecule has 5 unspecified atom stereocenters. The molecule has 0 saturated carbocycles. The van der Waals surface area contributed by atoms with Gasteiger partial charge >= 0.3 is 5.97 Å². The zero-order chi connectivity index (χ0) is 36.5. The third-order valence-electron chi connectivity index (χ3n) is 7.06. The lowest BCUT2D eigenvalue weighted by molar-refractivity contribution is -0.142. The van der Waals surface area contributed by atoms with Gasteiger partial charge in [0.2, 0.25) is 29.5 Å². The fraction of sp³-hybridized carbons (Fsp3) is 0.387. The van der Waals surface area contributed by atoms with Crippen LogP contribution in [0.2, 0.25) is 0 Å². The Bertz CT molecular complexity index is 1470. The molecule has 5 atom stereocenters. The number of amides is 5. The lowest BCUT2D eigenvalue weighted by Gasteiger charge is -2.26. The van der Waals surface area contributed by atoms with Crippen LogP contribution in [0.5, 0.6) is 5.75 Å². The number of carboxylic acids is 1. The second kappa shape index (κ2) is 19.8. The van der Waals surface area contributed by atoms with E-state index in [0.717, 1.165) is 0 Å². The highest BCUT2D eigenvalue weighted by Crippen LogP contribution is 2.12. The molecular weight excluding hydrogens is 642 g/mol. The Kier molecular flexibility index (Phi) is 15.9. The number of benzene rings is 2. The van der Waals surface area contributed by atoms with Gasteiger partial charge in [0.15, 0.2) is 5.96 Å². The summed E-state index contributed by atoms with van der Waals surface area (Å²) in [5, 5.41) is 38.8. The minimum Gasteiger partial charge on any atom is -0.508 e. The van der Waals surface area contributed by atoms with Crippen LogP contribution in [-0.4, -0.2) is 100 Å². The molecule has 0 saturated heterocycles. The number of aromatic hydroxyl groups is 1. The maximum atomic E-state index is 13.7. The number of aliphatic hydroxyl groups is 1. The molecule has 0 aliphatic heterocycles. The van der Waals surface area contributed by atoms with Gasteiger partial charge in [-0.15, -0.1) is 0 Å². The number of carboxylic acid groups (broad SMARTS) is 1. The second-order valence-corrected chi connectivity index (χ2v) is 11.1. The lowest BCUT2D eigenvalue weighted by atomic mass is 10.0. The van der Waals surface area contributed by atoms with Gasteiger partial charge in [0, 0.05) is 19.4 Å². The van der Waals surface area contributed by atoms with E-state index in [2.05, 4.69) is 26.3 Å². The van der Waals surface area contributed by atoms with Crippen LogP contribution in [0, 0.1) is 0 Å². The van der Waals surface area contributed by atoms with Crippen LogP contribution in [0.15, 0.2) is 59.6 Å². The first kappa shape index (κ1) is 39.4. The number of primary amides is 1. The molecule has 2 aromatic rings. The number of hydrogen-bond acceptors (Lipinski definition) is 10. The molecule has 0 aromatic heterocycles. The monoisotopic (exact) mass is 685 g/mol. The zero-order valence-corrected chi connectivity index (χ0v) is 26.6. The predicted octanol–water partition coefficient (Wildman–Crippen LogP) is -3.55. The van der Waals surface area contributed by atoms with E-state index in [-0.39, 0.29) is 43.9 Å². The molecule has 2 aromatic carbocycles. The number of aliphatic hydroxyl groups excluding tert-OH is 1. The summed E-state index contributed by atoms with van der Waals surface area (Å²) < 4.78 is 0. The minimum absolute atomic E-state index is 0.0280. The molecule has 18 heteroatoms. The Morgan fingerprint density at radius 3 is 1.78 bits per heavy atom. The van der Waals surface area contributed by atoms with Crippen LogP contribution < -0.4 is 44.2 Å². The smallest absolute Gasteiger partial charge is 0.326 e. The largest absolute Gasteiger partial charge is 0.508 e. The Balaban J connectivity index is 2.30. The van der Waals surface area contributed by atoms with Crippen molar-refractivity contribution in [3.8, 4) is 5.75 Å². The van der Waals surface area contributed by atoms with E-state index in [4.69, 9.17) is 22.9 Å². The van der Waals surface area contributed by atoms with Crippen LogP contribution in [0.25, 0.3) is 0 Å².